The summed E-state index contributed by atoms with van der Waals surface area (Å²) in [7, 11) is 0. The largest absolute Gasteiger partial charge is 0.477 e. The molecule has 0 saturated heterocycles. The van der Waals surface area contributed by atoms with Crippen LogP contribution in [-0.2, 0) is 4.79 Å². The summed E-state index contributed by atoms with van der Waals surface area (Å²) in [4.78, 5) is 31.2. The molecule has 1 amide bonds. The molecule has 0 fully saturated rings. The monoisotopic (exact) mass is 404 g/mol. The van der Waals surface area contributed by atoms with Crippen molar-refractivity contribution in [2.24, 2.45) is 0 Å². The van der Waals surface area contributed by atoms with Crippen molar-refractivity contribution in [3.8, 4) is 17.2 Å². The van der Waals surface area contributed by atoms with E-state index in [2.05, 4.69) is 15.3 Å². The van der Waals surface area contributed by atoms with E-state index < -0.39 is 10.8 Å². The van der Waals surface area contributed by atoms with E-state index in [1.165, 1.54) is 18.2 Å². The minimum atomic E-state index is -0.558. The first-order chi connectivity index (χ1) is 14.5. The number of aromatic nitrogens is 2. The van der Waals surface area contributed by atoms with Gasteiger partial charge in [0.15, 0.2) is 23.6 Å². The molecule has 0 bridgehead atoms. The van der Waals surface area contributed by atoms with Gasteiger partial charge in [0.2, 0.25) is 5.89 Å². The van der Waals surface area contributed by atoms with Crippen LogP contribution in [0.25, 0.3) is 22.7 Å². The summed E-state index contributed by atoms with van der Waals surface area (Å²) >= 11 is 0. The Morgan fingerprint density at radius 2 is 2.03 bits per heavy atom. The van der Waals surface area contributed by atoms with Crippen molar-refractivity contribution >= 4 is 28.5 Å². The molecule has 0 atom stereocenters. The number of benzene rings is 2. The van der Waals surface area contributed by atoms with Crippen LogP contribution in [0.5, 0.6) is 5.75 Å². The number of pyridine rings is 1. The maximum atomic E-state index is 12.2. The fraction of sp³-hybridized carbons (Fsp3) is 0.0952. The predicted octanol–water partition coefficient (Wildman–Crippen LogP) is 4.12. The fourth-order valence-electron chi connectivity index (χ4n) is 2.89. The number of hydrogen-bond donors (Lipinski definition) is 1. The minimum absolute atomic E-state index is 0.0364. The quantitative estimate of drug-likeness (QED) is 0.379. The van der Waals surface area contributed by atoms with Crippen LogP contribution in [0.1, 0.15) is 5.56 Å². The van der Waals surface area contributed by atoms with Crippen LogP contribution in [0.4, 0.5) is 11.4 Å². The Bertz CT molecular complexity index is 1220. The molecule has 2 aromatic heterocycles. The number of oxazole rings is 1. The lowest BCUT2D eigenvalue weighted by Gasteiger charge is -2.10. The SMILES string of the molecule is Cc1cc(-c2nc3ncccc3o2)ccc1NC(=O)COc1ccccc1[N+](=O)[O-]. The molecule has 0 aliphatic heterocycles. The number of hydrogen-bond acceptors (Lipinski definition) is 7. The Hall–Kier alpha value is -4.27. The van der Waals surface area contributed by atoms with Crippen LogP contribution in [0, 0.1) is 17.0 Å². The summed E-state index contributed by atoms with van der Waals surface area (Å²) in [6.45, 7) is 1.48. The summed E-state index contributed by atoms with van der Waals surface area (Å²) in [5, 5.41) is 13.8. The zero-order chi connectivity index (χ0) is 21.1. The molecule has 1 N–H and O–H groups in total. The Morgan fingerprint density at radius 1 is 1.20 bits per heavy atom. The van der Waals surface area contributed by atoms with Crippen LogP contribution >= 0.6 is 0 Å². The summed E-state index contributed by atoms with van der Waals surface area (Å²) in [5.41, 5.74) is 3.05. The molecule has 0 spiro atoms. The highest BCUT2D eigenvalue weighted by atomic mass is 16.6. The molecule has 4 aromatic rings. The molecule has 0 unspecified atom stereocenters. The van der Waals surface area contributed by atoms with E-state index in [0.717, 1.165) is 11.1 Å². The third-order valence-electron chi connectivity index (χ3n) is 4.33. The predicted molar refractivity (Wildman–Crippen MR) is 109 cm³/mol. The number of carbonyl (C=O) groups is 1. The van der Waals surface area contributed by atoms with Gasteiger partial charge >= 0.3 is 5.69 Å². The van der Waals surface area contributed by atoms with Crippen molar-refractivity contribution in [2.45, 2.75) is 6.92 Å². The second kappa shape index (κ2) is 8.00. The molecular formula is C21H16N4O5. The summed E-state index contributed by atoms with van der Waals surface area (Å²) in [6.07, 6.45) is 1.64. The number of nitrogens with one attached hydrogen (secondary N) is 1. The second-order valence-corrected chi connectivity index (χ2v) is 6.44. The Morgan fingerprint density at radius 3 is 2.80 bits per heavy atom. The van der Waals surface area contributed by atoms with Gasteiger partial charge in [-0.15, -0.1) is 0 Å². The maximum absolute atomic E-state index is 12.2. The fourth-order valence-corrected chi connectivity index (χ4v) is 2.89. The van der Waals surface area contributed by atoms with Gasteiger partial charge in [0, 0.05) is 23.5 Å². The molecule has 2 aromatic carbocycles. The number of anilines is 1. The normalized spacial score (nSPS) is 10.7. The Kier molecular flexibility index (Phi) is 5.08. The van der Waals surface area contributed by atoms with Gasteiger partial charge < -0.3 is 14.5 Å². The number of para-hydroxylation sites is 2. The van der Waals surface area contributed by atoms with Crippen LogP contribution in [0.3, 0.4) is 0 Å². The molecule has 9 heteroatoms. The van der Waals surface area contributed by atoms with E-state index in [9.17, 15) is 14.9 Å². The van der Waals surface area contributed by atoms with E-state index in [0.29, 0.717) is 22.8 Å². The van der Waals surface area contributed by atoms with Crippen molar-refractivity contribution in [3.05, 3.63) is 76.5 Å². The number of rotatable bonds is 6. The first-order valence-corrected chi connectivity index (χ1v) is 9.00. The molecule has 0 aliphatic carbocycles. The van der Waals surface area contributed by atoms with E-state index >= 15 is 0 Å². The maximum Gasteiger partial charge on any atom is 0.310 e. The number of carbonyl (C=O) groups excluding carboxylic acids is 1. The van der Waals surface area contributed by atoms with Crippen molar-refractivity contribution in [2.75, 3.05) is 11.9 Å². The average Bonchev–Trinajstić information content (AvgIpc) is 3.18. The van der Waals surface area contributed by atoms with Crippen molar-refractivity contribution in [1.82, 2.24) is 9.97 Å². The molecule has 4 rings (SSSR count). The van der Waals surface area contributed by atoms with Gasteiger partial charge in [-0.2, -0.15) is 4.98 Å². The van der Waals surface area contributed by atoms with E-state index in [1.807, 2.05) is 13.0 Å². The zero-order valence-electron chi connectivity index (χ0n) is 15.9. The lowest BCUT2D eigenvalue weighted by molar-refractivity contribution is -0.385. The van der Waals surface area contributed by atoms with E-state index in [4.69, 9.17) is 9.15 Å². The third kappa shape index (κ3) is 3.95. The van der Waals surface area contributed by atoms with Gasteiger partial charge in [-0.25, -0.2) is 4.98 Å². The van der Waals surface area contributed by atoms with E-state index in [-0.39, 0.29) is 18.0 Å². The molecule has 0 radical (unpaired) electrons. The smallest absolute Gasteiger partial charge is 0.310 e. The van der Waals surface area contributed by atoms with Gasteiger partial charge in [-0.05, 0) is 48.9 Å². The third-order valence-corrected chi connectivity index (χ3v) is 4.33. The molecular weight excluding hydrogens is 388 g/mol. The average molecular weight is 404 g/mol. The number of ether oxygens (including phenoxy) is 1. The molecule has 30 heavy (non-hydrogen) atoms. The van der Waals surface area contributed by atoms with Gasteiger partial charge in [-0.3, -0.25) is 14.9 Å². The Labute approximate surface area is 170 Å². The number of nitro benzene ring substituents is 1. The van der Waals surface area contributed by atoms with Crippen LogP contribution in [0.15, 0.2) is 65.2 Å². The lowest BCUT2D eigenvalue weighted by atomic mass is 10.1. The highest BCUT2D eigenvalue weighted by molar-refractivity contribution is 5.93. The molecule has 150 valence electrons. The van der Waals surface area contributed by atoms with Crippen LogP contribution in [-0.4, -0.2) is 27.4 Å². The van der Waals surface area contributed by atoms with Gasteiger partial charge in [0.25, 0.3) is 5.91 Å². The van der Waals surface area contributed by atoms with E-state index in [1.54, 1.807) is 36.5 Å². The standard InChI is InChI=1S/C21H16N4O5/c1-13-11-14(21-24-20-18(30-21)7-4-10-22-20)8-9-15(13)23-19(26)12-29-17-6-3-2-5-16(17)25(27)28/h2-11H,12H2,1H3,(H,23,26). The minimum Gasteiger partial charge on any atom is -0.477 e. The number of amides is 1. The number of nitrogens with zero attached hydrogens (tertiary/aromatic N) is 3. The lowest BCUT2D eigenvalue weighted by Crippen LogP contribution is -2.21. The number of aryl methyl sites for hydroxylation is 1. The topological polar surface area (TPSA) is 120 Å². The molecule has 0 saturated carbocycles. The number of fused-ring (bicyclic) bond motifs is 1. The molecule has 9 nitrogen and oxygen atoms in total. The number of nitro groups is 1. The Balaban J connectivity index is 1.45. The van der Waals surface area contributed by atoms with Gasteiger partial charge in [0.05, 0.1) is 4.92 Å². The molecule has 2 heterocycles. The summed E-state index contributed by atoms with van der Waals surface area (Å²) in [6, 6.07) is 14.8. The summed E-state index contributed by atoms with van der Waals surface area (Å²) < 4.78 is 11.0. The second-order valence-electron chi connectivity index (χ2n) is 6.44. The molecule has 0 aliphatic rings. The first-order valence-electron chi connectivity index (χ1n) is 9.00. The van der Waals surface area contributed by atoms with Crippen molar-refractivity contribution < 1.29 is 18.9 Å². The van der Waals surface area contributed by atoms with Crippen LogP contribution in [0.2, 0.25) is 0 Å². The zero-order valence-corrected chi connectivity index (χ0v) is 15.9. The van der Waals surface area contributed by atoms with Gasteiger partial charge in [0.1, 0.15) is 0 Å². The van der Waals surface area contributed by atoms with Crippen molar-refractivity contribution in [3.63, 3.8) is 0 Å². The van der Waals surface area contributed by atoms with Crippen molar-refractivity contribution in [1.29, 1.82) is 0 Å². The van der Waals surface area contributed by atoms with Gasteiger partial charge in [-0.1, -0.05) is 12.1 Å². The highest BCUT2D eigenvalue weighted by Gasteiger charge is 2.16. The van der Waals surface area contributed by atoms with Crippen LogP contribution < -0.4 is 10.1 Å². The first kappa shape index (κ1) is 19.1. The summed E-state index contributed by atoms with van der Waals surface area (Å²) in [5.74, 6) is 0.0359. The highest BCUT2D eigenvalue weighted by Crippen LogP contribution is 2.28.